The van der Waals surface area contributed by atoms with Gasteiger partial charge in [0.2, 0.25) is 0 Å². The van der Waals surface area contributed by atoms with Gasteiger partial charge >= 0.3 is 0 Å². The van der Waals surface area contributed by atoms with E-state index in [9.17, 15) is 0 Å². The van der Waals surface area contributed by atoms with Gasteiger partial charge in [-0.3, -0.25) is 0 Å². The number of anilines is 2. The second kappa shape index (κ2) is 8.34. The first-order valence-electron chi connectivity index (χ1n) is 8.79. The van der Waals surface area contributed by atoms with E-state index < -0.39 is 0 Å². The van der Waals surface area contributed by atoms with Crippen LogP contribution in [0.15, 0.2) is 30.3 Å². The molecule has 3 rings (SSSR count). The highest BCUT2D eigenvalue weighted by molar-refractivity contribution is 6.30. The molecule has 4 nitrogen and oxygen atoms in total. The molecule has 0 amide bonds. The van der Waals surface area contributed by atoms with Gasteiger partial charge in [0.15, 0.2) is 0 Å². The molecular weight excluding hydrogens is 320 g/mol. The maximum absolute atomic E-state index is 5.92. The van der Waals surface area contributed by atoms with Crippen LogP contribution in [-0.4, -0.2) is 22.6 Å². The molecule has 1 saturated carbocycles. The molecule has 0 spiro atoms. The van der Waals surface area contributed by atoms with Gasteiger partial charge < -0.3 is 10.6 Å². The number of aryl methyl sites for hydroxylation is 1. The molecule has 5 heteroatoms. The first kappa shape index (κ1) is 17.0. The van der Waals surface area contributed by atoms with E-state index in [-0.39, 0.29) is 0 Å². The average Bonchev–Trinajstić information content (AvgIpc) is 2.57. The van der Waals surface area contributed by atoms with Crippen LogP contribution in [0.4, 0.5) is 11.6 Å². The van der Waals surface area contributed by atoms with E-state index in [0.717, 1.165) is 35.4 Å². The summed E-state index contributed by atoms with van der Waals surface area (Å²) in [7, 11) is 0. The summed E-state index contributed by atoms with van der Waals surface area (Å²) in [6.45, 7) is 2.78. The lowest BCUT2D eigenvalue weighted by atomic mass is 9.95. The maximum atomic E-state index is 5.92. The summed E-state index contributed by atoms with van der Waals surface area (Å²) in [5.74, 6) is 2.61. The van der Waals surface area contributed by atoms with Crippen molar-refractivity contribution < 1.29 is 0 Å². The molecule has 24 heavy (non-hydrogen) atoms. The van der Waals surface area contributed by atoms with Crippen molar-refractivity contribution >= 4 is 23.2 Å². The van der Waals surface area contributed by atoms with Crippen LogP contribution in [0.3, 0.4) is 0 Å². The number of halogens is 1. The molecule has 0 aliphatic heterocycles. The number of hydrogen-bond donors (Lipinski definition) is 2. The first-order valence-corrected chi connectivity index (χ1v) is 9.17. The van der Waals surface area contributed by atoms with Gasteiger partial charge in [0.25, 0.3) is 0 Å². The van der Waals surface area contributed by atoms with Crippen LogP contribution in [0.5, 0.6) is 0 Å². The Balaban J connectivity index is 1.55. The Morgan fingerprint density at radius 1 is 1.04 bits per heavy atom. The molecule has 1 aromatic heterocycles. The minimum atomic E-state index is 0.551. The number of benzene rings is 1. The third kappa shape index (κ3) is 5.10. The van der Waals surface area contributed by atoms with Crippen LogP contribution in [-0.2, 0) is 6.42 Å². The summed E-state index contributed by atoms with van der Waals surface area (Å²) >= 11 is 5.92. The highest BCUT2D eigenvalue weighted by atomic mass is 35.5. The van der Waals surface area contributed by atoms with Gasteiger partial charge in [-0.05, 0) is 43.9 Å². The summed E-state index contributed by atoms with van der Waals surface area (Å²) < 4.78 is 0. The van der Waals surface area contributed by atoms with Crippen LogP contribution in [0.1, 0.15) is 43.5 Å². The molecule has 0 atom stereocenters. The molecule has 1 aromatic carbocycles. The molecule has 1 aliphatic carbocycles. The Morgan fingerprint density at radius 3 is 2.50 bits per heavy atom. The summed E-state index contributed by atoms with van der Waals surface area (Å²) in [4.78, 5) is 9.02. The number of hydrogen-bond acceptors (Lipinski definition) is 4. The van der Waals surface area contributed by atoms with E-state index in [4.69, 9.17) is 11.6 Å². The molecule has 0 bridgehead atoms. The number of aromatic nitrogens is 2. The Bertz CT molecular complexity index is 651. The van der Waals surface area contributed by atoms with Gasteiger partial charge in [-0.25, -0.2) is 9.97 Å². The number of rotatable bonds is 6. The van der Waals surface area contributed by atoms with Gasteiger partial charge in [0, 0.05) is 23.7 Å². The van der Waals surface area contributed by atoms with Gasteiger partial charge in [-0.2, -0.15) is 0 Å². The fraction of sp³-hybridized carbons (Fsp3) is 0.474. The quantitative estimate of drug-likeness (QED) is 0.787. The summed E-state index contributed by atoms with van der Waals surface area (Å²) in [6.07, 6.45) is 7.40. The smallest absolute Gasteiger partial charge is 0.132 e. The van der Waals surface area contributed by atoms with Gasteiger partial charge in [-0.1, -0.05) is 43.0 Å². The van der Waals surface area contributed by atoms with Crippen LogP contribution < -0.4 is 10.6 Å². The molecule has 0 radical (unpaired) electrons. The zero-order valence-corrected chi connectivity index (χ0v) is 14.9. The number of nitrogens with one attached hydrogen (secondary N) is 2. The predicted molar refractivity (Wildman–Crippen MR) is 101 cm³/mol. The van der Waals surface area contributed by atoms with Crippen LogP contribution in [0.25, 0.3) is 0 Å². The van der Waals surface area contributed by atoms with E-state index in [0.29, 0.717) is 6.04 Å². The second-order valence-electron chi connectivity index (χ2n) is 6.47. The molecule has 2 aromatic rings. The standard InChI is InChI=1S/C19H25ClN4/c1-14-22-18(21-12-11-15-7-9-16(20)10-8-15)13-19(23-14)24-17-5-3-2-4-6-17/h7-10,13,17H,2-6,11-12H2,1H3,(H2,21,22,23,24). The lowest BCUT2D eigenvalue weighted by Crippen LogP contribution is -2.23. The number of nitrogens with zero attached hydrogens (tertiary/aromatic N) is 2. The van der Waals surface area contributed by atoms with E-state index in [2.05, 4.69) is 32.7 Å². The van der Waals surface area contributed by atoms with Crippen molar-refractivity contribution in [2.45, 2.75) is 51.5 Å². The maximum Gasteiger partial charge on any atom is 0.132 e. The molecule has 2 N–H and O–H groups in total. The Labute approximate surface area is 149 Å². The Kier molecular flexibility index (Phi) is 5.91. The van der Waals surface area contributed by atoms with Gasteiger partial charge in [-0.15, -0.1) is 0 Å². The Hall–Kier alpha value is -1.81. The summed E-state index contributed by atoms with van der Waals surface area (Å²) in [5, 5.41) is 7.75. The van der Waals surface area contributed by atoms with Crippen molar-refractivity contribution in [1.82, 2.24) is 9.97 Å². The topological polar surface area (TPSA) is 49.8 Å². The molecule has 1 fully saturated rings. The SMILES string of the molecule is Cc1nc(NCCc2ccc(Cl)cc2)cc(NC2CCCCC2)n1. The van der Waals surface area contributed by atoms with Crippen molar-refractivity contribution in [1.29, 1.82) is 0 Å². The summed E-state index contributed by atoms with van der Waals surface area (Å²) in [5.41, 5.74) is 1.26. The minimum Gasteiger partial charge on any atom is -0.370 e. The average molecular weight is 345 g/mol. The van der Waals surface area contributed by atoms with Crippen LogP contribution in [0.2, 0.25) is 5.02 Å². The van der Waals surface area contributed by atoms with Crippen molar-refractivity contribution in [3.63, 3.8) is 0 Å². The van der Waals surface area contributed by atoms with Crippen molar-refractivity contribution in [3.8, 4) is 0 Å². The van der Waals surface area contributed by atoms with Crippen molar-refractivity contribution in [2.75, 3.05) is 17.2 Å². The first-order chi connectivity index (χ1) is 11.7. The fourth-order valence-electron chi connectivity index (χ4n) is 3.17. The van der Waals surface area contributed by atoms with E-state index in [1.54, 1.807) is 0 Å². The van der Waals surface area contributed by atoms with Gasteiger partial charge in [0.05, 0.1) is 0 Å². The lowest BCUT2D eigenvalue weighted by molar-refractivity contribution is 0.462. The highest BCUT2D eigenvalue weighted by Gasteiger charge is 2.14. The zero-order valence-electron chi connectivity index (χ0n) is 14.2. The zero-order chi connectivity index (χ0) is 16.8. The highest BCUT2D eigenvalue weighted by Crippen LogP contribution is 2.22. The Morgan fingerprint density at radius 2 is 1.75 bits per heavy atom. The fourth-order valence-corrected chi connectivity index (χ4v) is 3.30. The largest absolute Gasteiger partial charge is 0.370 e. The molecular formula is C19H25ClN4. The predicted octanol–water partition coefficient (Wildman–Crippen LogP) is 4.84. The second-order valence-corrected chi connectivity index (χ2v) is 6.90. The third-order valence-corrected chi connectivity index (χ3v) is 4.68. The minimum absolute atomic E-state index is 0.551. The van der Waals surface area contributed by atoms with Crippen molar-refractivity contribution in [2.24, 2.45) is 0 Å². The molecule has 1 aliphatic rings. The lowest BCUT2D eigenvalue weighted by Gasteiger charge is -2.23. The monoisotopic (exact) mass is 344 g/mol. The molecule has 128 valence electrons. The van der Waals surface area contributed by atoms with Crippen molar-refractivity contribution in [3.05, 3.63) is 46.7 Å². The normalized spacial score (nSPS) is 15.2. The van der Waals surface area contributed by atoms with Gasteiger partial charge in [0.1, 0.15) is 17.5 Å². The van der Waals surface area contributed by atoms with E-state index in [1.165, 1.54) is 37.7 Å². The van der Waals surface area contributed by atoms with Crippen LogP contribution >= 0.6 is 11.6 Å². The third-order valence-electron chi connectivity index (χ3n) is 4.43. The van der Waals surface area contributed by atoms with E-state index >= 15 is 0 Å². The van der Waals surface area contributed by atoms with E-state index in [1.807, 2.05) is 25.1 Å². The van der Waals surface area contributed by atoms with Crippen LogP contribution in [0, 0.1) is 6.92 Å². The molecule has 1 heterocycles. The molecule has 0 saturated heterocycles. The summed E-state index contributed by atoms with van der Waals surface area (Å²) in [6, 6.07) is 10.5. The molecule has 0 unspecified atom stereocenters.